The topological polar surface area (TPSA) is 96.0 Å². The lowest BCUT2D eigenvalue weighted by Crippen LogP contribution is -2.27. The molecule has 28 heavy (non-hydrogen) atoms. The number of halogens is 1. The van der Waals surface area contributed by atoms with Gasteiger partial charge >= 0.3 is 0 Å². The quantitative estimate of drug-likeness (QED) is 0.512. The lowest BCUT2D eigenvalue weighted by Gasteiger charge is -2.11. The predicted molar refractivity (Wildman–Crippen MR) is 114 cm³/mol. The molecule has 0 unspecified atom stereocenters. The molecule has 10 heteroatoms. The molecular weight excluding hydrogens is 418 g/mol. The standard InChI is InChI=1S/C18H16ClN5O2S2/c19-14-4-2-13(3-5-14)12-22-18(27)23-15-6-8-16(9-7-15)28(25,26)24-17-20-10-1-11-21-17/h1-11H,12H2,(H,20,21,24)(H2,22,23,27). The van der Waals surface area contributed by atoms with E-state index in [0.717, 1.165) is 5.56 Å². The second kappa shape index (κ2) is 8.96. The molecule has 0 bridgehead atoms. The van der Waals surface area contributed by atoms with E-state index in [0.29, 0.717) is 22.4 Å². The first-order valence-corrected chi connectivity index (χ1v) is 10.4. The molecule has 0 amide bonds. The zero-order valence-electron chi connectivity index (χ0n) is 14.5. The summed E-state index contributed by atoms with van der Waals surface area (Å²) in [5.74, 6) is 0.0114. The van der Waals surface area contributed by atoms with Gasteiger partial charge in [0.25, 0.3) is 10.0 Å². The first-order valence-electron chi connectivity index (χ1n) is 8.11. The summed E-state index contributed by atoms with van der Waals surface area (Å²) in [5.41, 5.74) is 1.69. The number of nitrogens with zero attached hydrogens (tertiary/aromatic N) is 2. The van der Waals surface area contributed by atoms with E-state index >= 15 is 0 Å². The Morgan fingerprint density at radius 2 is 1.64 bits per heavy atom. The molecule has 0 aliphatic rings. The van der Waals surface area contributed by atoms with Crippen LogP contribution in [-0.2, 0) is 16.6 Å². The maximum Gasteiger partial charge on any atom is 0.264 e. The first-order chi connectivity index (χ1) is 13.4. The number of sulfonamides is 1. The van der Waals surface area contributed by atoms with E-state index in [9.17, 15) is 8.42 Å². The van der Waals surface area contributed by atoms with Crippen LogP contribution in [0.2, 0.25) is 5.02 Å². The van der Waals surface area contributed by atoms with E-state index in [4.69, 9.17) is 23.8 Å². The summed E-state index contributed by atoms with van der Waals surface area (Å²) in [6.07, 6.45) is 2.91. The number of rotatable bonds is 6. The number of aromatic nitrogens is 2. The molecule has 0 radical (unpaired) electrons. The van der Waals surface area contributed by atoms with Crippen molar-refractivity contribution >= 4 is 50.6 Å². The molecule has 144 valence electrons. The zero-order valence-corrected chi connectivity index (χ0v) is 16.9. The maximum absolute atomic E-state index is 12.4. The molecule has 3 rings (SSSR count). The molecule has 3 N–H and O–H groups in total. The Labute approximate surface area is 173 Å². The van der Waals surface area contributed by atoms with Gasteiger partial charge in [0.15, 0.2) is 5.11 Å². The van der Waals surface area contributed by atoms with Gasteiger partial charge < -0.3 is 10.6 Å². The van der Waals surface area contributed by atoms with Gasteiger partial charge in [0.2, 0.25) is 5.95 Å². The Balaban J connectivity index is 1.57. The molecule has 0 saturated carbocycles. The second-order valence-electron chi connectivity index (χ2n) is 5.64. The summed E-state index contributed by atoms with van der Waals surface area (Å²) in [6, 6.07) is 15.2. The molecule has 0 fully saturated rings. The minimum absolute atomic E-state index is 0.0114. The smallest absolute Gasteiger partial charge is 0.264 e. The summed E-state index contributed by atoms with van der Waals surface area (Å²) in [7, 11) is -3.77. The largest absolute Gasteiger partial charge is 0.358 e. The first kappa shape index (κ1) is 20.0. The van der Waals surface area contributed by atoms with Gasteiger partial charge in [0.05, 0.1) is 4.90 Å². The van der Waals surface area contributed by atoms with Crippen molar-refractivity contribution in [1.29, 1.82) is 0 Å². The molecule has 2 aromatic carbocycles. The Morgan fingerprint density at radius 3 is 2.29 bits per heavy atom. The van der Waals surface area contributed by atoms with Crippen LogP contribution in [-0.4, -0.2) is 23.5 Å². The van der Waals surface area contributed by atoms with Gasteiger partial charge in [0.1, 0.15) is 0 Å². The van der Waals surface area contributed by atoms with Gasteiger partial charge in [-0.3, -0.25) is 0 Å². The van der Waals surface area contributed by atoms with Crippen LogP contribution in [0.1, 0.15) is 5.56 Å². The Hall–Kier alpha value is -2.75. The Morgan fingerprint density at radius 1 is 1.00 bits per heavy atom. The average molecular weight is 434 g/mol. The Kier molecular flexibility index (Phi) is 6.40. The van der Waals surface area contributed by atoms with Crippen LogP contribution in [0.5, 0.6) is 0 Å². The van der Waals surface area contributed by atoms with Gasteiger partial charge in [-0.05, 0) is 60.2 Å². The second-order valence-corrected chi connectivity index (χ2v) is 8.16. The highest BCUT2D eigenvalue weighted by molar-refractivity contribution is 7.92. The van der Waals surface area contributed by atoms with Gasteiger partial charge in [-0.2, -0.15) is 0 Å². The molecule has 1 heterocycles. The number of benzene rings is 2. The minimum atomic E-state index is -3.77. The minimum Gasteiger partial charge on any atom is -0.358 e. The summed E-state index contributed by atoms with van der Waals surface area (Å²) in [5, 5.41) is 7.17. The van der Waals surface area contributed by atoms with Gasteiger partial charge in [-0.25, -0.2) is 23.1 Å². The van der Waals surface area contributed by atoms with E-state index in [-0.39, 0.29) is 10.8 Å². The van der Waals surface area contributed by atoms with Crippen LogP contribution < -0.4 is 15.4 Å². The van der Waals surface area contributed by atoms with E-state index in [2.05, 4.69) is 25.3 Å². The Bertz CT molecular complexity index is 1040. The fourth-order valence-corrected chi connectivity index (χ4v) is 3.48. The van der Waals surface area contributed by atoms with E-state index in [1.165, 1.54) is 24.5 Å². The number of anilines is 2. The monoisotopic (exact) mass is 433 g/mol. The number of thiocarbonyl (C=S) groups is 1. The zero-order chi connectivity index (χ0) is 20.0. The van der Waals surface area contributed by atoms with Crippen molar-refractivity contribution in [3.05, 3.63) is 77.6 Å². The fourth-order valence-electron chi connectivity index (χ4n) is 2.21. The van der Waals surface area contributed by atoms with Crippen molar-refractivity contribution in [2.24, 2.45) is 0 Å². The average Bonchev–Trinajstić information content (AvgIpc) is 2.68. The van der Waals surface area contributed by atoms with Crippen molar-refractivity contribution in [1.82, 2.24) is 15.3 Å². The SMILES string of the molecule is O=S(=O)(Nc1ncccn1)c1ccc(NC(=S)NCc2ccc(Cl)cc2)cc1. The summed E-state index contributed by atoms with van der Waals surface area (Å²) in [6.45, 7) is 0.538. The van der Waals surface area contributed by atoms with Crippen molar-refractivity contribution in [3.8, 4) is 0 Å². The molecule has 0 aliphatic carbocycles. The van der Waals surface area contributed by atoms with Crippen molar-refractivity contribution in [2.75, 3.05) is 10.0 Å². The molecule has 0 saturated heterocycles. The van der Waals surface area contributed by atoms with E-state index < -0.39 is 10.0 Å². The van der Waals surface area contributed by atoms with E-state index in [1.807, 2.05) is 24.3 Å². The highest BCUT2D eigenvalue weighted by Gasteiger charge is 2.15. The van der Waals surface area contributed by atoms with Crippen LogP contribution in [0, 0.1) is 0 Å². The van der Waals surface area contributed by atoms with Crippen LogP contribution in [0.15, 0.2) is 71.9 Å². The molecule has 0 atom stereocenters. The lowest BCUT2D eigenvalue weighted by atomic mass is 10.2. The van der Waals surface area contributed by atoms with Crippen LogP contribution >= 0.6 is 23.8 Å². The highest BCUT2D eigenvalue weighted by Crippen LogP contribution is 2.16. The van der Waals surface area contributed by atoms with Crippen molar-refractivity contribution in [2.45, 2.75) is 11.4 Å². The number of nitrogens with one attached hydrogen (secondary N) is 3. The normalized spacial score (nSPS) is 10.9. The van der Waals surface area contributed by atoms with Gasteiger partial charge in [-0.15, -0.1) is 0 Å². The third-order valence-corrected chi connectivity index (χ3v) is 5.42. The predicted octanol–water partition coefficient (Wildman–Crippen LogP) is 3.42. The molecule has 0 spiro atoms. The van der Waals surface area contributed by atoms with Gasteiger partial charge in [-0.1, -0.05) is 23.7 Å². The van der Waals surface area contributed by atoms with Crippen LogP contribution in [0.3, 0.4) is 0 Å². The molecule has 3 aromatic rings. The number of hydrogen-bond acceptors (Lipinski definition) is 5. The van der Waals surface area contributed by atoms with Gasteiger partial charge in [0, 0.05) is 29.6 Å². The summed E-state index contributed by atoms with van der Waals surface area (Å²) in [4.78, 5) is 7.79. The van der Waals surface area contributed by atoms with Crippen molar-refractivity contribution in [3.63, 3.8) is 0 Å². The molecule has 1 aromatic heterocycles. The third kappa shape index (κ3) is 5.62. The highest BCUT2D eigenvalue weighted by atomic mass is 35.5. The molecule has 0 aliphatic heterocycles. The molecule has 7 nitrogen and oxygen atoms in total. The maximum atomic E-state index is 12.4. The fraction of sp³-hybridized carbons (Fsp3) is 0.0556. The summed E-state index contributed by atoms with van der Waals surface area (Å²) >= 11 is 11.1. The number of hydrogen-bond donors (Lipinski definition) is 3. The third-order valence-electron chi connectivity index (χ3n) is 3.58. The van der Waals surface area contributed by atoms with Crippen molar-refractivity contribution < 1.29 is 8.42 Å². The van der Waals surface area contributed by atoms with E-state index in [1.54, 1.807) is 18.2 Å². The van der Waals surface area contributed by atoms with Crippen LogP contribution in [0.4, 0.5) is 11.6 Å². The lowest BCUT2D eigenvalue weighted by molar-refractivity contribution is 0.601. The summed E-state index contributed by atoms with van der Waals surface area (Å²) < 4.78 is 27.0. The van der Waals surface area contributed by atoms with Crippen LogP contribution in [0.25, 0.3) is 0 Å². The molecular formula is C18H16ClN5O2S2.